The molecule has 7 heteroatoms. The SMILES string of the molecule is CC.CNc1ccc(Nc2ccc(OCCO)cc2)cc1CCC=O.NC=O. The molecule has 0 aliphatic heterocycles. The molecule has 2 aromatic carbocycles. The van der Waals surface area contributed by atoms with Gasteiger partial charge >= 0.3 is 0 Å². The quantitative estimate of drug-likeness (QED) is 0.490. The molecule has 0 aromatic heterocycles. The van der Waals surface area contributed by atoms with Crippen molar-refractivity contribution in [1.29, 1.82) is 0 Å². The number of benzene rings is 2. The molecule has 0 atom stereocenters. The number of hydrogen-bond donors (Lipinski definition) is 4. The number of nitrogens with two attached hydrogens (primary N) is 1. The maximum atomic E-state index is 10.6. The van der Waals surface area contributed by atoms with Crippen LogP contribution in [0.5, 0.6) is 5.75 Å². The van der Waals surface area contributed by atoms with E-state index in [0.717, 1.165) is 34.7 Å². The average Bonchev–Trinajstić information content (AvgIpc) is 2.74. The first-order valence-electron chi connectivity index (χ1n) is 9.18. The lowest BCUT2D eigenvalue weighted by Gasteiger charge is -2.13. The molecule has 0 heterocycles. The molecule has 0 bridgehead atoms. The number of aryl methyl sites for hydroxylation is 1. The highest BCUT2D eigenvalue weighted by Gasteiger charge is 2.04. The van der Waals surface area contributed by atoms with Gasteiger partial charge in [0, 0.05) is 30.5 Å². The van der Waals surface area contributed by atoms with Gasteiger partial charge in [-0.05, 0) is 54.4 Å². The standard InChI is InChI=1S/C18H22N2O3.C2H6.CH3NO/c1-19-18-9-6-16(13-14(18)3-2-10-21)20-15-4-7-17(8-5-15)23-12-11-22;1-2;2-1-3/h4-10,13,19-20,22H,2-3,11-12H2,1H3;1-2H3;1H,(H2,2,3). The minimum atomic E-state index is 0.00137. The van der Waals surface area contributed by atoms with Crippen molar-refractivity contribution in [2.45, 2.75) is 26.7 Å². The van der Waals surface area contributed by atoms with Crippen LogP contribution in [0.1, 0.15) is 25.8 Å². The molecule has 28 heavy (non-hydrogen) atoms. The molecule has 1 amide bonds. The molecule has 7 nitrogen and oxygen atoms in total. The summed E-state index contributed by atoms with van der Waals surface area (Å²) in [5, 5.41) is 15.2. The normalized spacial score (nSPS) is 9.00. The Balaban J connectivity index is 0.00000133. The number of amides is 1. The van der Waals surface area contributed by atoms with Crippen molar-refractivity contribution in [3.8, 4) is 5.75 Å². The number of ether oxygens (including phenoxy) is 1. The molecule has 2 rings (SSSR count). The summed E-state index contributed by atoms with van der Waals surface area (Å²) in [4.78, 5) is 19.2. The third kappa shape index (κ3) is 9.59. The van der Waals surface area contributed by atoms with E-state index < -0.39 is 0 Å². The Morgan fingerprint density at radius 1 is 1.07 bits per heavy atom. The van der Waals surface area contributed by atoms with Gasteiger partial charge in [-0.1, -0.05) is 13.8 Å². The fourth-order valence-corrected chi connectivity index (χ4v) is 2.30. The van der Waals surface area contributed by atoms with Gasteiger partial charge in [0.25, 0.3) is 0 Å². The Labute approximate surface area is 166 Å². The zero-order chi connectivity index (χ0) is 21.2. The fraction of sp³-hybridized carbons (Fsp3) is 0.333. The molecular weight excluding hydrogens is 358 g/mol. The first-order chi connectivity index (χ1) is 13.7. The predicted octanol–water partition coefficient (Wildman–Crippen LogP) is 3.10. The summed E-state index contributed by atoms with van der Waals surface area (Å²) in [5.41, 5.74) is 8.21. The van der Waals surface area contributed by atoms with Gasteiger partial charge in [0.05, 0.1) is 6.61 Å². The van der Waals surface area contributed by atoms with Crippen molar-refractivity contribution >= 4 is 29.8 Å². The Kier molecular flexibility index (Phi) is 14.4. The van der Waals surface area contributed by atoms with E-state index >= 15 is 0 Å². The topological polar surface area (TPSA) is 114 Å². The van der Waals surface area contributed by atoms with Crippen molar-refractivity contribution in [1.82, 2.24) is 0 Å². The van der Waals surface area contributed by atoms with E-state index in [1.165, 1.54) is 0 Å². The van der Waals surface area contributed by atoms with Crippen LogP contribution in [0.4, 0.5) is 17.1 Å². The van der Waals surface area contributed by atoms with Gasteiger partial charge in [-0.3, -0.25) is 4.79 Å². The Morgan fingerprint density at radius 2 is 1.68 bits per heavy atom. The van der Waals surface area contributed by atoms with Gasteiger partial charge in [0.15, 0.2) is 0 Å². The van der Waals surface area contributed by atoms with Crippen LogP contribution in [-0.4, -0.2) is 38.1 Å². The summed E-state index contributed by atoms with van der Waals surface area (Å²) in [5.74, 6) is 0.724. The number of primary amides is 1. The van der Waals surface area contributed by atoms with Crippen LogP contribution in [0.3, 0.4) is 0 Å². The summed E-state index contributed by atoms with van der Waals surface area (Å²) in [6.07, 6.45) is 2.41. The lowest BCUT2D eigenvalue weighted by Crippen LogP contribution is -2.01. The zero-order valence-corrected chi connectivity index (χ0v) is 16.8. The van der Waals surface area contributed by atoms with Crippen molar-refractivity contribution in [2.24, 2.45) is 5.73 Å². The molecule has 0 radical (unpaired) electrons. The van der Waals surface area contributed by atoms with Crippen LogP contribution in [0.25, 0.3) is 0 Å². The third-order valence-electron chi connectivity index (χ3n) is 3.41. The van der Waals surface area contributed by atoms with Crippen molar-refractivity contribution in [2.75, 3.05) is 30.9 Å². The van der Waals surface area contributed by atoms with E-state index in [1.807, 2.05) is 63.4 Å². The van der Waals surface area contributed by atoms with E-state index in [2.05, 4.69) is 16.4 Å². The Hall–Kier alpha value is -3.06. The van der Waals surface area contributed by atoms with Gasteiger partial charge in [0.1, 0.15) is 18.6 Å². The molecule has 0 fully saturated rings. The monoisotopic (exact) mass is 389 g/mol. The molecular formula is C21H31N3O4. The minimum absolute atomic E-state index is 0.00137. The largest absolute Gasteiger partial charge is 0.491 e. The summed E-state index contributed by atoms with van der Waals surface area (Å²) < 4.78 is 5.33. The number of rotatable bonds is 9. The van der Waals surface area contributed by atoms with Crippen molar-refractivity contribution in [3.63, 3.8) is 0 Å². The number of carbonyl (C=O) groups excluding carboxylic acids is 2. The summed E-state index contributed by atoms with van der Waals surface area (Å²) in [7, 11) is 1.87. The fourth-order valence-electron chi connectivity index (χ4n) is 2.30. The van der Waals surface area contributed by atoms with Gasteiger partial charge in [-0.25, -0.2) is 0 Å². The number of carbonyl (C=O) groups is 2. The lowest BCUT2D eigenvalue weighted by molar-refractivity contribution is -0.108. The first kappa shape index (κ1) is 24.9. The van der Waals surface area contributed by atoms with E-state index in [0.29, 0.717) is 19.4 Å². The minimum Gasteiger partial charge on any atom is -0.491 e. The van der Waals surface area contributed by atoms with Gasteiger partial charge in [0.2, 0.25) is 6.41 Å². The molecule has 2 aromatic rings. The molecule has 0 unspecified atom stereocenters. The predicted molar refractivity (Wildman–Crippen MR) is 114 cm³/mol. The molecule has 0 aliphatic carbocycles. The molecule has 0 saturated carbocycles. The number of aliphatic hydroxyl groups excluding tert-OH is 1. The lowest BCUT2D eigenvalue weighted by atomic mass is 10.1. The number of anilines is 3. The van der Waals surface area contributed by atoms with E-state index in [1.54, 1.807) is 0 Å². The Bertz CT molecular complexity index is 676. The van der Waals surface area contributed by atoms with E-state index in [-0.39, 0.29) is 13.0 Å². The molecule has 0 aliphatic rings. The van der Waals surface area contributed by atoms with Crippen LogP contribution >= 0.6 is 0 Å². The van der Waals surface area contributed by atoms with Crippen LogP contribution in [-0.2, 0) is 16.0 Å². The van der Waals surface area contributed by atoms with Gasteiger partial charge in [-0.2, -0.15) is 0 Å². The summed E-state index contributed by atoms with van der Waals surface area (Å²) >= 11 is 0. The van der Waals surface area contributed by atoms with Crippen molar-refractivity contribution < 1.29 is 19.4 Å². The highest BCUT2D eigenvalue weighted by atomic mass is 16.5. The van der Waals surface area contributed by atoms with Gasteiger partial charge < -0.3 is 31.0 Å². The van der Waals surface area contributed by atoms with Crippen molar-refractivity contribution in [3.05, 3.63) is 48.0 Å². The third-order valence-corrected chi connectivity index (χ3v) is 3.41. The van der Waals surface area contributed by atoms with Crippen LogP contribution in [0.2, 0.25) is 0 Å². The maximum absolute atomic E-state index is 10.6. The van der Waals surface area contributed by atoms with Gasteiger partial charge in [-0.15, -0.1) is 0 Å². The first-order valence-corrected chi connectivity index (χ1v) is 9.18. The second-order valence-corrected chi connectivity index (χ2v) is 5.18. The second-order valence-electron chi connectivity index (χ2n) is 5.18. The summed E-state index contributed by atoms with van der Waals surface area (Å²) in [6, 6.07) is 13.6. The van der Waals surface area contributed by atoms with E-state index in [9.17, 15) is 4.79 Å². The number of hydrogen-bond acceptors (Lipinski definition) is 6. The molecule has 0 spiro atoms. The second kappa shape index (κ2) is 16.1. The van der Waals surface area contributed by atoms with Crippen LogP contribution < -0.4 is 21.1 Å². The summed E-state index contributed by atoms with van der Waals surface area (Å²) in [6.45, 7) is 4.29. The molecule has 5 N–H and O–H groups in total. The Morgan fingerprint density at radius 3 is 2.21 bits per heavy atom. The number of nitrogens with one attached hydrogen (secondary N) is 2. The number of aldehydes is 1. The van der Waals surface area contributed by atoms with Crippen LogP contribution in [0.15, 0.2) is 42.5 Å². The molecule has 154 valence electrons. The highest BCUT2D eigenvalue weighted by Crippen LogP contribution is 2.25. The number of aliphatic hydroxyl groups is 1. The van der Waals surface area contributed by atoms with Crippen LogP contribution in [0, 0.1) is 0 Å². The highest BCUT2D eigenvalue weighted by molar-refractivity contribution is 5.66. The zero-order valence-electron chi connectivity index (χ0n) is 16.8. The average molecular weight is 389 g/mol. The maximum Gasteiger partial charge on any atom is 0.204 e. The molecule has 0 saturated heterocycles. The van der Waals surface area contributed by atoms with E-state index in [4.69, 9.17) is 14.6 Å². The smallest absolute Gasteiger partial charge is 0.204 e.